The van der Waals surface area contributed by atoms with Crippen molar-refractivity contribution in [1.29, 1.82) is 0 Å². The number of ether oxygens (including phenoxy) is 1. The van der Waals surface area contributed by atoms with Crippen LogP contribution < -0.4 is 5.32 Å². The van der Waals surface area contributed by atoms with Crippen LogP contribution in [-0.2, 0) is 4.74 Å². The number of imidazole rings is 1. The topological polar surface area (TPSA) is 57.9 Å². The minimum absolute atomic E-state index is 0.265. The quantitative estimate of drug-likeness (QED) is 0.555. The van der Waals surface area contributed by atoms with Gasteiger partial charge in [0.25, 0.3) is 0 Å². The lowest BCUT2D eigenvalue weighted by Crippen LogP contribution is -2.49. The lowest BCUT2D eigenvalue weighted by molar-refractivity contribution is 0.0179. The Bertz CT molecular complexity index is 844. The fraction of sp³-hybridized carbons (Fsp3) is 0.600. The Labute approximate surface area is 192 Å². The number of nitrogens with zero attached hydrogens (tertiary/aromatic N) is 5. The first-order chi connectivity index (χ1) is 15.7. The third-order valence-corrected chi connectivity index (χ3v) is 6.82. The Morgan fingerprint density at radius 2 is 2.00 bits per heavy atom. The van der Waals surface area contributed by atoms with Crippen LogP contribution in [0.3, 0.4) is 0 Å². The molecule has 7 heteroatoms. The molecule has 0 radical (unpaired) electrons. The van der Waals surface area contributed by atoms with E-state index in [1.165, 1.54) is 11.1 Å². The van der Waals surface area contributed by atoms with E-state index in [2.05, 4.69) is 75.9 Å². The second-order valence-corrected chi connectivity index (χ2v) is 9.06. The number of aryl methyl sites for hydroxylation is 1. The molecule has 2 fully saturated rings. The van der Waals surface area contributed by atoms with Gasteiger partial charge in [-0.2, -0.15) is 0 Å². The molecular weight excluding hydrogens is 400 g/mol. The maximum Gasteiger partial charge on any atom is 0.194 e. The van der Waals surface area contributed by atoms with E-state index in [9.17, 15) is 0 Å². The average Bonchev–Trinajstić information content (AvgIpc) is 3.35. The van der Waals surface area contributed by atoms with E-state index in [4.69, 9.17) is 9.73 Å². The van der Waals surface area contributed by atoms with Gasteiger partial charge in [0.15, 0.2) is 5.96 Å². The molecule has 2 saturated heterocycles. The standard InChI is InChI=1S/C25H38N6O/c1-4-27-25(30-11-9-21(3)24(18-30)31-12-10-26-19-31)28-17-23(29-13-15-32-16-14-29)22-7-5-20(2)6-8-22/h5-8,10,12,19,21,23-24H,4,9,11,13-18H2,1-3H3,(H,27,28). The van der Waals surface area contributed by atoms with Gasteiger partial charge in [-0.1, -0.05) is 36.8 Å². The van der Waals surface area contributed by atoms with Crippen molar-refractivity contribution in [2.24, 2.45) is 10.9 Å². The lowest BCUT2D eigenvalue weighted by Gasteiger charge is -2.39. The van der Waals surface area contributed by atoms with Crippen LogP contribution in [0.4, 0.5) is 0 Å². The molecule has 1 N–H and O–H groups in total. The summed E-state index contributed by atoms with van der Waals surface area (Å²) in [7, 11) is 0. The van der Waals surface area contributed by atoms with Crippen molar-refractivity contribution in [3.05, 3.63) is 54.1 Å². The van der Waals surface area contributed by atoms with E-state index in [1.54, 1.807) is 0 Å². The summed E-state index contributed by atoms with van der Waals surface area (Å²) in [6.07, 6.45) is 7.05. The molecular formula is C25H38N6O. The van der Waals surface area contributed by atoms with Gasteiger partial charge in [0.1, 0.15) is 0 Å². The van der Waals surface area contributed by atoms with Gasteiger partial charge < -0.3 is 19.5 Å². The van der Waals surface area contributed by atoms with Gasteiger partial charge in [-0.3, -0.25) is 9.89 Å². The van der Waals surface area contributed by atoms with E-state index in [0.29, 0.717) is 12.0 Å². The first-order valence-corrected chi connectivity index (χ1v) is 12.0. The van der Waals surface area contributed by atoms with Crippen molar-refractivity contribution >= 4 is 5.96 Å². The summed E-state index contributed by atoms with van der Waals surface area (Å²) in [5.74, 6) is 1.65. The monoisotopic (exact) mass is 438 g/mol. The number of morpholine rings is 1. The maximum absolute atomic E-state index is 5.62. The van der Waals surface area contributed by atoms with Gasteiger partial charge in [0, 0.05) is 45.1 Å². The minimum Gasteiger partial charge on any atom is -0.379 e. The molecule has 2 aliphatic rings. The second kappa shape index (κ2) is 11.0. The summed E-state index contributed by atoms with van der Waals surface area (Å²) in [6.45, 7) is 13.7. The van der Waals surface area contributed by atoms with Gasteiger partial charge in [-0.05, 0) is 31.7 Å². The van der Waals surface area contributed by atoms with Crippen molar-refractivity contribution < 1.29 is 4.74 Å². The molecule has 2 aromatic rings. The predicted molar refractivity (Wildman–Crippen MR) is 129 cm³/mol. The SMILES string of the molecule is CCNC(=NCC(c1ccc(C)cc1)N1CCOCC1)N1CCC(C)C(n2ccnc2)C1. The van der Waals surface area contributed by atoms with Gasteiger partial charge >= 0.3 is 0 Å². The highest BCUT2D eigenvalue weighted by atomic mass is 16.5. The summed E-state index contributed by atoms with van der Waals surface area (Å²) in [4.78, 5) is 14.4. The molecule has 1 aromatic carbocycles. The summed E-state index contributed by atoms with van der Waals surface area (Å²) in [6, 6.07) is 9.62. The highest BCUT2D eigenvalue weighted by Gasteiger charge is 2.29. The first-order valence-electron chi connectivity index (χ1n) is 12.0. The number of hydrogen-bond acceptors (Lipinski definition) is 4. The number of hydrogen-bond donors (Lipinski definition) is 1. The predicted octanol–water partition coefficient (Wildman–Crippen LogP) is 3.11. The maximum atomic E-state index is 5.62. The highest BCUT2D eigenvalue weighted by molar-refractivity contribution is 5.80. The summed E-state index contributed by atoms with van der Waals surface area (Å²) < 4.78 is 7.87. The molecule has 0 amide bonds. The number of rotatable bonds is 6. The lowest BCUT2D eigenvalue weighted by atomic mass is 9.93. The van der Waals surface area contributed by atoms with Crippen LogP contribution in [0, 0.1) is 12.8 Å². The van der Waals surface area contributed by atoms with Crippen molar-refractivity contribution in [2.75, 3.05) is 52.5 Å². The van der Waals surface area contributed by atoms with Gasteiger partial charge in [0.05, 0.1) is 38.2 Å². The van der Waals surface area contributed by atoms with Crippen LogP contribution in [0.25, 0.3) is 0 Å². The Morgan fingerprint density at radius 3 is 2.69 bits per heavy atom. The Hall–Kier alpha value is -2.38. The first kappa shape index (κ1) is 22.8. The van der Waals surface area contributed by atoms with Gasteiger partial charge in [-0.15, -0.1) is 0 Å². The molecule has 3 heterocycles. The number of likely N-dealkylation sites (tertiary alicyclic amines) is 1. The Morgan fingerprint density at radius 1 is 1.22 bits per heavy atom. The molecule has 4 rings (SSSR count). The van der Waals surface area contributed by atoms with Gasteiger partial charge in [0.2, 0.25) is 0 Å². The summed E-state index contributed by atoms with van der Waals surface area (Å²) in [5, 5.41) is 3.56. The van der Waals surface area contributed by atoms with Crippen LogP contribution >= 0.6 is 0 Å². The van der Waals surface area contributed by atoms with Crippen LogP contribution in [0.1, 0.15) is 43.5 Å². The average molecular weight is 439 g/mol. The number of aliphatic imine (C=N–C) groups is 1. The van der Waals surface area contributed by atoms with Crippen LogP contribution in [0.2, 0.25) is 0 Å². The molecule has 3 unspecified atom stereocenters. The highest BCUT2D eigenvalue weighted by Crippen LogP contribution is 2.28. The van der Waals surface area contributed by atoms with E-state index in [-0.39, 0.29) is 6.04 Å². The molecule has 0 aliphatic carbocycles. The van der Waals surface area contributed by atoms with Crippen LogP contribution in [-0.4, -0.2) is 77.8 Å². The van der Waals surface area contributed by atoms with Crippen molar-refractivity contribution in [1.82, 2.24) is 24.7 Å². The zero-order valence-electron chi connectivity index (χ0n) is 19.8. The van der Waals surface area contributed by atoms with Gasteiger partial charge in [-0.25, -0.2) is 4.98 Å². The molecule has 174 valence electrons. The van der Waals surface area contributed by atoms with E-state index in [1.807, 2.05) is 12.5 Å². The van der Waals surface area contributed by atoms with E-state index in [0.717, 1.165) is 64.9 Å². The third-order valence-electron chi connectivity index (χ3n) is 6.82. The third kappa shape index (κ3) is 5.51. The van der Waals surface area contributed by atoms with Crippen molar-refractivity contribution in [3.8, 4) is 0 Å². The number of aromatic nitrogens is 2. The molecule has 1 aromatic heterocycles. The van der Waals surface area contributed by atoms with Crippen molar-refractivity contribution in [2.45, 2.75) is 39.3 Å². The molecule has 0 saturated carbocycles. The smallest absolute Gasteiger partial charge is 0.194 e. The zero-order valence-corrected chi connectivity index (χ0v) is 19.8. The Balaban J connectivity index is 1.53. The van der Waals surface area contributed by atoms with Crippen molar-refractivity contribution in [3.63, 3.8) is 0 Å². The van der Waals surface area contributed by atoms with Crippen LogP contribution in [0.5, 0.6) is 0 Å². The molecule has 32 heavy (non-hydrogen) atoms. The summed E-state index contributed by atoms with van der Waals surface area (Å²) in [5.41, 5.74) is 2.62. The molecule has 0 bridgehead atoms. The zero-order chi connectivity index (χ0) is 22.3. The molecule has 0 spiro atoms. The minimum atomic E-state index is 0.265. The number of guanidine groups is 1. The normalized spacial score (nSPS) is 23.8. The number of piperidine rings is 1. The van der Waals surface area contributed by atoms with E-state index < -0.39 is 0 Å². The number of nitrogens with one attached hydrogen (secondary N) is 1. The Kier molecular flexibility index (Phi) is 7.81. The molecule has 3 atom stereocenters. The summed E-state index contributed by atoms with van der Waals surface area (Å²) >= 11 is 0. The molecule has 7 nitrogen and oxygen atoms in total. The second-order valence-electron chi connectivity index (χ2n) is 9.06. The molecule has 2 aliphatic heterocycles. The van der Waals surface area contributed by atoms with E-state index >= 15 is 0 Å². The van der Waals surface area contributed by atoms with Crippen LogP contribution in [0.15, 0.2) is 48.0 Å². The fourth-order valence-corrected chi connectivity index (χ4v) is 4.80. The number of benzene rings is 1. The fourth-order valence-electron chi connectivity index (χ4n) is 4.80. The largest absolute Gasteiger partial charge is 0.379 e.